The van der Waals surface area contributed by atoms with Crippen LogP contribution in [-0.2, 0) is 0 Å². The van der Waals surface area contributed by atoms with Crippen LogP contribution >= 0.6 is 0 Å². The molecule has 0 heterocycles. The lowest BCUT2D eigenvalue weighted by molar-refractivity contribution is 0.100. The van der Waals surface area contributed by atoms with Crippen molar-refractivity contribution in [3.8, 4) is 17.6 Å². The monoisotopic (exact) mass is 286 g/mol. The van der Waals surface area contributed by atoms with Gasteiger partial charge in [-0.2, -0.15) is 0 Å². The zero-order chi connectivity index (χ0) is 15.2. The van der Waals surface area contributed by atoms with E-state index in [2.05, 4.69) is 38.7 Å². The molecule has 2 unspecified atom stereocenters. The molecule has 0 spiro atoms. The van der Waals surface area contributed by atoms with E-state index in [0.29, 0.717) is 12.5 Å². The molecule has 1 aromatic carbocycles. The number of aryl methyl sites for hydroxylation is 1. The number of ether oxygens (including phenoxy) is 1. The second kappa shape index (κ2) is 7.52. The second-order valence-corrected chi connectivity index (χ2v) is 6.41. The summed E-state index contributed by atoms with van der Waals surface area (Å²) in [6.07, 6.45) is 4.49. The van der Waals surface area contributed by atoms with Gasteiger partial charge in [-0.25, -0.2) is 0 Å². The van der Waals surface area contributed by atoms with Gasteiger partial charge in [0.05, 0.1) is 12.7 Å². The third kappa shape index (κ3) is 4.79. The topological polar surface area (TPSA) is 29.5 Å². The summed E-state index contributed by atoms with van der Waals surface area (Å²) in [7, 11) is 0. The zero-order valence-electron chi connectivity index (χ0n) is 13.4. The van der Waals surface area contributed by atoms with Gasteiger partial charge in [-0.3, -0.25) is 0 Å². The van der Waals surface area contributed by atoms with Crippen LogP contribution in [0.4, 0.5) is 0 Å². The molecule has 0 bridgehead atoms. The van der Waals surface area contributed by atoms with Gasteiger partial charge < -0.3 is 9.84 Å². The fraction of sp³-hybridized carbons (Fsp3) is 0.579. The third-order valence-electron chi connectivity index (χ3n) is 4.07. The SMILES string of the molecule is Cc1cc(C#CCCO)ccc1OC1CC(C)CC(C)C1. The smallest absolute Gasteiger partial charge is 0.122 e. The minimum atomic E-state index is 0.116. The average molecular weight is 286 g/mol. The molecule has 2 rings (SSSR count). The van der Waals surface area contributed by atoms with Crippen molar-refractivity contribution in [2.24, 2.45) is 11.8 Å². The summed E-state index contributed by atoms with van der Waals surface area (Å²) < 4.78 is 6.22. The average Bonchev–Trinajstić information content (AvgIpc) is 2.41. The Morgan fingerprint density at radius 1 is 1.19 bits per heavy atom. The number of hydrogen-bond acceptors (Lipinski definition) is 2. The normalized spacial score (nSPS) is 25.0. The van der Waals surface area contributed by atoms with E-state index in [9.17, 15) is 0 Å². The van der Waals surface area contributed by atoms with Crippen molar-refractivity contribution in [1.82, 2.24) is 0 Å². The quantitative estimate of drug-likeness (QED) is 0.853. The molecule has 2 heteroatoms. The fourth-order valence-electron chi connectivity index (χ4n) is 3.23. The molecule has 21 heavy (non-hydrogen) atoms. The Balaban J connectivity index is 2.02. The van der Waals surface area contributed by atoms with E-state index in [1.165, 1.54) is 6.42 Å². The summed E-state index contributed by atoms with van der Waals surface area (Å²) in [6, 6.07) is 6.10. The standard InChI is InChI=1S/C19H26O2/c1-14-10-15(2)12-18(11-14)21-19-8-7-17(13-16(19)3)6-4-5-9-20/h7-8,13-15,18,20H,5,9-12H2,1-3H3. The Bertz CT molecular complexity index is 514. The van der Waals surface area contributed by atoms with Gasteiger partial charge in [0, 0.05) is 12.0 Å². The third-order valence-corrected chi connectivity index (χ3v) is 4.07. The van der Waals surface area contributed by atoms with Crippen LogP contribution in [0.2, 0.25) is 0 Å². The lowest BCUT2D eigenvalue weighted by atomic mass is 9.82. The highest BCUT2D eigenvalue weighted by molar-refractivity contribution is 5.43. The molecule has 114 valence electrons. The number of benzene rings is 1. The van der Waals surface area contributed by atoms with Gasteiger partial charge in [0.15, 0.2) is 0 Å². The Labute approximate surface area is 128 Å². The fourth-order valence-corrected chi connectivity index (χ4v) is 3.23. The molecular formula is C19H26O2. The molecule has 0 radical (unpaired) electrons. The zero-order valence-corrected chi connectivity index (χ0v) is 13.4. The highest BCUT2D eigenvalue weighted by Crippen LogP contribution is 2.32. The van der Waals surface area contributed by atoms with Gasteiger partial charge in [-0.1, -0.05) is 25.7 Å². The Hall–Kier alpha value is -1.46. The molecule has 2 nitrogen and oxygen atoms in total. The van der Waals surface area contributed by atoms with Gasteiger partial charge in [-0.05, 0) is 61.8 Å². The molecule has 0 aromatic heterocycles. The minimum Gasteiger partial charge on any atom is -0.490 e. The summed E-state index contributed by atoms with van der Waals surface area (Å²) in [5.74, 6) is 8.50. The first-order valence-electron chi connectivity index (χ1n) is 7.95. The first kappa shape index (κ1) is 15.9. The number of aliphatic hydroxyl groups excluding tert-OH is 1. The predicted molar refractivity (Wildman–Crippen MR) is 86.4 cm³/mol. The minimum absolute atomic E-state index is 0.116. The maximum atomic E-state index is 8.75. The molecule has 2 atom stereocenters. The molecule has 0 aliphatic heterocycles. The molecule has 1 fully saturated rings. The molecular weight excluding hydrogens is 260 g/mol. The molecule has 1 N–H and O–H groups in total. The van der Waals surface area contributed by atoms with Crippen molar-refractivity contribution in [3.05, 3.63) is 29.3 Å². The van der Waals surface area contributed by atoms with Crippen LogP contribution in [-0.4, -0.2) is 17.8 Å². The van der Waals surface area contributed by atoms with Crippen LogP contribution in [0.1, 0.15) is 50.7 Å². The van der Waals surface area contributed by atoms with Crippen LogP contribution in [0.25, 0.3) is 0 Å². The Morgan fingerprint density at radius 2 is 1.90 bits per heavy atom. The van der Waals surface area contributed by atoms with E-state index < -0.39 is 0 Å². The van der Waals surface area contributed by atoms with E-state index in [-0.39, 0.29) is 6.61 Å². The maximum Gasteiger partial charge on any atom is 0.122 e. The van der Waals surface area contributed by atoms with Crippen LogP contribution in [0.15, 0.2) is 18.2 Å². The van der Waals surface area contributed by atoms with Gasteiger partial charge in [-0.15, -0.1) is 0 Å². The molecule has 1 saturated carbocycles. The van der Waals surface area contributed by atoms with E-state index in [1.807, 2.05) is 12.1 Å². The van der Waals surface area contributed by atoms with E-state index in [4.69, 9.17) is 9.84 Å². The first-order chi connectivity index (χ1) is 10.1. The van der Waals surface area contributed by atoms with Crippen LogP contribution < -0.4 is 4.74 Å². The second-order valence-electron chi connectivity index (χ2n) is 6.41. The lowest BCUT2D eigenvalue weighted by Crippen LogP contribution is -2.28. The Kier molecular flexibility index (Phi) is 5.70. The molecule has 0 saturated heterocycles. The van der Waals surface area contributed by atoms with Crippen molar-refractivity contribution in [2.75, 3.05) is 6.61 Å². The summed E-state index contributed by atoms with van der Waals surface area (Å²) >= 11 is 0. The molecule has 1 aliphatic carbocycles. The molecule has 0 amide bonds. The summed E-state index contributed by atoms with van der Waals surface area (Å²) in [6.45, 7) is 6.82. The van der Waals surface area contributed by atoms with Crippen LogP contribution in [0.5, 0.6) is 5.75 Å². The molecule has 1 aliphatic rings. The predicted octanol–water partition coefficient (Wildman–Crippen LogP) is 3.93. The van der Waals surface area contributed by atoms with Crippen LogP contribution in [0, 0.1) is 30.6 Å². The summed E-state index contributed by atoms with van der Waals surface area (Å²) in [5.41, 5.74) is 2.12. The molecule has 1 aromatic rings. The van der Waals surface area contributed by atoms with Gasteiger partial charge in [0.25, 0.3) is 0 Å². The maximum absolute atomic E-state index is 8.75. The van der Waals surface area contributed by atoms with Crippen LogP contribution in [0.3, 0.4) is 0 Å². The largest absolute Gasteiger partial charge is 0.490 e. The lowest BCUT2D eigenvalue weighted by Gasteiger charge is -2.32. The van der Waals surface area contributed by atoms with Crippen molar-refractivity contribution in [2.45, 2.75) is 52.6 Å². The number of aliphatic hydroxyl groups is 1. The van der Waals surface area contributed by atoms with E-state index >= 15 is 0 Å². The van der Waals surface area contributed by atoms with Crippen molar-refractivity contribution < 1.29 is 9.84 Å². The summed E-state index contributed by atoms with van der Waals surface area (Å²) in [4.78, 5) is 0. The first-order valence-corrected chi connectivity index (χ1v) is 7.95. The van der Waals surface area contributed by atoms with Gasteiger partial charge in [0.1, 0.15) is 5.75 Å². The van der Waals surface area contributed by atoms with Crippen molar-refractivity contribution in [3.63, 3.8) is 0 Å². The number of rotatable bonds is 3. The Morgan fingerprint density at radius 3 is 2.52 bits per heavy atom. The summed E-state index contributed by atoms with van der Waals surface area (Å²) in [5, 5.41) is 8.75. The van der Waals surface area contributed by atoms with Crippen molar-refractivity contribution >= 4 is 0 Å². The van der Waals surface area contributed by atoms with E-state index in [0.717, 1.165) is 41.6 Å². The number of hydrogen-bond donors (Lipinski definition) is 1. The highest BCUT2D eigenvalue weighted by Gasteiger charge is 2.25. The van der Waals surface area contributed by atoms with Gasteiger partial charge in [0.2, 0.25) is 0 Å². The van der Waals surface area contributed by atoms with E-state index in [1.54, 1.807) is 0 Å². The van der Waals surface area contributed by atoms with Gasteiger partial charge >= 0.3 is 0 Å². The van der Waals surface area contributed by atoms with Crippen molar-refractivity contribution in [1.29, 1.82) is 0 Å². The highest BCUT2D eigenvalue weighted by atomic mass is 16.5.